The standard InChI is InChI=1S/C49H36N2.C46H30N2O.C46H32N2/c1-49(2)42-24-13-11-23-39(42)40-29-28-37(32-43(40)49)51(44-25-14-12-22-38(44)33-16-5-3-6-17-33)46-27-15-26-45-48(46)41-30-34-18-9-10-19-35(34)31-47(41)50(45)36-20-7-4-8-21-36;1-3-12-31(13-4-1)32-22-24-36(25-23-32)47(37-26-27-39-38-18-9-10-21-44(38)49-45(39)30-37)41-19-11-20-42-46(41)40-28-33-14-7-8-15-34(33)29-43(40)48(42)35-16-5-2-6-17-35;1-4-13-33(14-5-1)35-23-27-40(28-24-35)47(41-29-25-36(26-30-41)34-15-6-2-7-16-34)43-21-12-22-44-46(43)42-31-37-17-10-11-18-38(37)32-45(42)48(44)39-19-8-3-9-20-39/h3-32H,1-2H3;1-30H;1-32H. The number of hydrogen-bond donors (Lipinski definition) is 0. The second-order valence-corrected chi connectivity index (χ2v) is 39.0. The topological polar surface area (TPSA) is 37.6 Å². The van der Waals surface area contributed by atoms with Gasteiger partial charge in [-0.15, -0.1) is 0 Å². The Kier molecular flexibility index (Phi) is 21.8. The molecule has 0 radical (unpaired) electrons. The Balaban J connectivity index is 0.000000110. The Labute approximate surface area is 858 Å². The summed E-state index contributed by atoms with van der Waals surface area (Å²) in [5.41, 5.74) is 37.2. The molecule has 29 rings (SSSR count). The zero-order valence-corrected chi connectivity index (χ0v) is 81.7. The predicted molar refractivity (Wildman–Crippen MR) is 625 cm³/mol. The van der Waals surface area contributed by atoms with Crippen molar-refractivity contribution in [3.63, 3.8) is 0 Å². The van der Waals surface area contributed by atoms with Crippen LogP contribution in [0.5, 0.6) is 0 Å². The summed E-state index contributed by atoms with van der Waals surface area (Å²) in [4.78, 5) is 7.30. The Hall–Kier alpha value is -19.3. The molecule has 7 heteroatoms. The Morgan fingerprint density at radius 2 is 0.473 bits per heavy atom. The van der Waals surface area contributed by atoms with E-state index in [0.717, 1.165) is 95.7 Å². The van der Waals surface area contributed by atoms with Gasteiger partial charge in [-0.3, -0.25) is 0 Å². The molecule has 24 aromatic carbocycles. The molecule has 0 bridgehead atoms. The van der Waals surface area contributed by atoms with Crippen molar-refractivity contribution in [1.82, 2.24) is 13.7 Å². The lowest BCUT2D eigenvalue weighted by atomic mass is 9.82. The second kappa shape index (κ2) is 36.9. The number of furan rings is 1. The largest absolute Gasteiger partial charge is 0.456 e. The number of benzene rings is 24. The van der Waals surface area contributed by atoms with Gasteiger partial charge < -0.3 is 32.8 Å². The number of hydrogen-bond acceptors (Lipinski definition) is 4. The molecule has 4 heterocycles. The van der Waals surface area contributed by atoms with Gasteiger partial charge in [0.1, 0.15) is 11.2 Å². The van der Waals surface area contributed by atoms with Gasteiger partial charge in [-0.25, -0.2) is 0 Å². The van der Waals surface area contributed by atoms with Gasteiger partial charge in [0.2, 0.25) is 0 Å². The monoisotopic (exact) mass is 1890 g/mol. The van der Waals surface area contributed by atoms with E-state index in [1.54, 1.807) is 0 Å². The highest BCUT2D eigenvalue weighted by Gasteiger charge is 2.37. The van der Waals surface area contributed by atoms with Gasteiger partial charge in [-0.2, -0.15) is 0 Å². The molecule has 4 aromatic heterocycles. The molecule has 0 aliphatic heterocycles. The van der Waals surface area contributed by atoms with Crippen molar-refractivity contribution in [2.45, 2.75) is 19.3 Å². The van der Waals surface area contributed by atoms with Gasteiger partial charge in [0.05, 0.1) is 55.8 Å². The lowest BCUT2D eigenvalue weighted by Gasteiger charge is -2.30. The molecule has 0 spiro atoms. The molecule has 148 heavy (non-hydrogen) atoms. The van der Waals surface area contributed by atoms with Gasteiger partial charge in [0.25, 0.3) is 0 Å². The lowest BCUT2D eigenvalue weighted by Crippen LogP contribution is -2.17. The van der Waals surface area contributed by atoms with Crippen LogP contribution in [0.25, 0.3) is 192 Å². The molecule has 0 fully saturated rings. The fourth-order valence-corrected chi connectivity index (χ4v) is 23.1. The molecular weight excluding hydrogens is 1790 g/mol. The van der Waals surface area contributed by atoms with Crippen molar-refractivity contribution < 1.29 is 4.42 Å². The molecular formula is C141H98N6O. The highest BCUT2D eigenvalue weighted by Crippen LogP contribution is 2.55. The molecule has 1 aliphatic carbocycles. The molecule has 0 N–H and O–H groups in total. The first-order valence-corrected chi connectivity index (χ1v) is 50.9. The fourth-order valence-electron chi connectivity index (χ4n) is 23.1. The number of fused-ring (bicyclic) bond motifs is 18. The van der Waals surface area contributed by atoms with Gasteiger partial charge in [0.15, 0.2) is 0 Å². The van der Waals surface area contributed by atoms with Crippen LogP contribution in [0.15, 0.2) is 563 Å². The van der Waals surface area contributed by atoms with Crippen LogP contribution in [0.4, 0.5) is 51.2 Å². The zero-order chi connectivity index (χ0) is 98.3. The van der Waals surface area contributed by atoms with Crippen molar-refractivity contribution in [2.75, 3.05) is 14.7 Å². The van der Waals surface area contributed by atoms with Gasteiger partial charge >= 0.3 is 0 Å². The summed E-state index contributed by atoms with van der Waals surface area (Å²) in [6.45, 7) is 4.73. The van der Waals surface area contributed by atoms with Gasteiger partial charge in [0, 0.05) is 106 Å². The van der Waals surface area contributed by atoms with E-state index in [1.807, 2.05) is 12.1 Å². The summed E-state index contributed by atoms with van der Waals surface area (Å²) in [5.74, 6) is 0. The second-order valence-electron chi connectivity index (χ2n) is 39.0. The number of rotatable bonds is 16. The minimum Gasteiger partial charge on any atom is -0.456 e. The van der Waals surface area contributed by atoms with Crippen LogP contribution in [-0.4, -0.2) is 13.7 Å². The van der Waals surface area contributed by atoms with E-state index < -0.39 is 0 Å². The number of aromatic nitrogens is 3. The summed E-state index contributed by atoms with van der Waals surface area (Å²) in [6.07, 6.45) is 0. The predicted octanol–water partition coefficient (Wildman–Crippen LogP) is 39.1. The summed E-state index contributed by atoms with van der Waals surface area (Å²) in [6, 6.07) is 202. The summed E-state index contributed by atoms with van der Waals surface area (Å²) >= 11 is 0. The molecule has 0 unspecified atom stereocenters. The van der Waals surface area contributed by atoms with Crippen molar-refractivity contribution in [3.8, 4) is 72.7 Å². The van der Waals surface area contributed by atoms with E-state index in [0.29, 0.717) is 0 Å². The number of anilines is 9. The van der Waals surface area contributed by atoms with Crippen molar-refractivity contribution in [2.24, 2.45) is 0 Å². The normalized spacial score (nSPS) is 12.0. The summed E-state index contributed by atoms with van der Waals surface area (Å²) < 4.78 is 13.7. The Morgan fingerprint density at radius 1 is 0.176 bits per heavy atom. The van der Waals surface area contributed by atoms with Crippen LogP contribution in [0, 0.1) is 0 Å². The average Bonchev–Trinajstić information content (AvgIpc) is 1.57. The van der Waals surface area contributed by atoms with Gasteiger partial charge in [-0.1, -0.05) is 384 Å². The summed E-state index contributed by atoms with van der Waals surface area (Å²) in [5, 5.41) is 17.0. The molecule has 0 atom stereocenters. The third-order valence-electron chi connectivity index (χ3n) is 30.0. The van der Waals surface area contributed by atoms with E-state index in [9.17, 15) is 0 Å². The molecule has 698 valence electrons. The van der Waals surface area contributed by atoms with E-state index in [1.165, 1.54) is 159 Å². The van der Waals surface area contributed by atoms with Crippen LogP contribution in [0.3, 0.4) is 0 Å². The third-order valence-corrected chi connectivity index (χ3v) is 30.0. The molecule has 7 nitrogen and oxygen atoms in total. The van der Waals surface area contributed by atoms with Crippen LogP contribution in [0.1, 0.15) is 25.0 Å². The molecule has 0 saturated carbocycles. The first kappa shape index (κ1) is 87.7. The first-order valence-electron chi connectivity index (χ1n) is 50.9. The van der Waals surface area contributed by atoms with Gasteiger partial charge in [-0.05, 0) is 276 Å². The van der Waals surface area contributed by atoms with E-state index in [4.69, 9.17) is 4.42 Å². The fraction of sp³-hybridized carbons (Fsp3) is 0.0213. The van der Waals surface area contributed by atoms with Crippen LogP contribution >= 0.6 is 0 Å². The smallest absolute Gasteiger partial charge is 0.137 e. The molecule has 28 aromatic rings. The SMILES string of the molecule is CC1(C)c2ccccc2-c2ccc(N(c3ccccc3-c3ccccc3)c3cccc4c3c3cc5ccccc5cc3n4-c3ccccc3)cc21.c1ccc(-c2ccc(N(c3ccc(-c4ccccc4)cc3)c3cccc4c3c3cc5ccccc5cc3n4-c3ccccc3)cc2)cc1.c1ccc(-c2ccc(N(c3ccc4c(c3)oc3ccccc34)c3cccc4c3c3cc5ccccc5cc3n4-c3ccccc3)cc2)cc1. The quantitative estimate of drug-likeness (QED) is 0.0966. The minimum absolute atomic E-state index is 0.124. The van der Waals surface area contributed by atoms with E-state index in [2.05, 4.69) is 588 Å². The van der Waals surface area contributed by atoms with Crippen LogP contribution < -0.4 is 14.7 Å². The maximum Gasteiger partial charge on any atom is 0.137 e. The van der Waals surface area contributed by atoms with E-state index >= 15 is 0 Å². The zero-order valence-electron chi connectivity index (χ0n) is 81.7. The maximum absolute atomic E-state index is 6.43. The highest BCUT2D eigenvalue weighted by molar-refractivity contribution is 6.23. The van der Waals surface area contributed by atoms with E-state index in [-0.39, 0.29) is 5.41 Å². The third kappa shape index (κ3) is 15.4. The molecule has 0 saturated heterocycles. The first-order chi connectivity index (χ1) is 73.2. The van der Waals surface area contributed by atoms with Crippen molar-refractivity contribution >= 4 is 171 Å². The maximum atomic E-state index is 6.43. The number of para-hydroxylation sites is 5. The van der Waals surface area contributed by atoms with Crippen molar-refractivity contribution in [1.29, 1.82) is 0 Å². The Morgan fingerprint density at radius 3 is 0.899 bits per heavy atom. The highest BCUT2D eigenvalue weighted by atomic mass is 16.3. The molecule has 0 amide bonds. The number of nitrogens with zero attached hydrogens (tertiary/aromatic N) is 6. The lowest BCUT2D eigenvalue weighted by molar-refractivity contribution is 0.660. The van der Waals surface area contributed by atoms with Crippen molar-refractivity contribution in [3.05, 3.63) is 569 Å². The summed E-state index contributed by atoms with van der Waals surface area (Å²) in [7, 11) is 0. The Bertz CT molecular complexity index is 9830. The van der Waals surface area contributed by atoms with Crippen LogP contribution in [-0.2, 0) is 5.41 Å². The minimum atomic E-state index is -0.124. The molecule has 1 aliphatic rings. The average molecular weight is 1890 g/mol. The van der Waals surface area contributed by atoms with Crippen LogP contribution in [0.2, 0.25) is 0 Å².